The van der Waals surface area contributed by atoms with E-state index in [9.17, 15) is 0 Å². The zero-order valence-electron chi connectivity index (χ0n) is 9.36. The van der Waals surface area contributed by atoms with E-state index in [2.05, 4.69) is 12.2 Å². The Hall–Kier alpha value is -1.06. The zero-order valence-corrected chi connectivity index (χ0v) is 9.36. The monoisotopic (exact) mass is 209 g/mol. The molecule has 15 heavy (non-hydrogen) atoms. The van der Waals surface area contributed by atoms with Crippen LogP contribution in [0.2, 0.25) is 0 Å². The number of benzene rings is 1. The van der Waals surface area contributed by atoms with E-state index in [0.717, 1.165) is 24.3 Å². The third-order valence-corrected chi connectivity index (χ3v) is 2.28. The first-order valence-corrected chi connectivity index (χ1v) is 5.21. The second-order valence-corrected chi connectivity index (χ2v) is 3.69. The van der Waals surface area contributed by atoms with Crippen LogP contribution in [0.25, 0.3) is 0 Å². The Morgan fingerprint density at radius 3 is 2.93 bits per heavy atom. The number of hydrogen-bond acceptors (Lipinski definition) is 3. The quantitative estimate of drug-likeness (QED) is 0.753. The molecule has 0 aromatic heterocycles. The lowest BCUT2D eigenvalue weighted by Crippen LogP contribution is -2.17. The molecular weight excluding hydrogens is 190 g/mol. The van der Waals surface area contributed by atoms with Gasteiger partial charge in [0.15, 0.2) is 0 Å². The zero-order chi connectivity index (χ0) is 11.1. The van der Waals surface area contributed by atoms with Gasteiger partial charge in [-0.25, -0.2) is 0 Å². The summed E-state index contributed by atoms with van der Waals surface area (Å²) in [4.78, 5) is 0. The lowest BCUT2D eigenvalue weighted by molar-refractivity contribution is 0.191. The summed E-state index contributed by atoms with van der Waals surface area (Å²) >= 11 is 0. The fourth-order valence-corrected chi connectivity index (χ4v) is 1.41. The Labute approximate surface area is 91.1 Å². The Balaban J connectivity index is 2.48. The highest BCUT2D eigenvalue weighted by Gasteiger charge is 2.01. The van der Waals surface area contributed by atoms with Crippen molar-refractivity contribution in [2.75, 3.05) is 19.0 Å². The van der Waals surface area contributed by atoms with Gasteiger partial charge < -0.3 is 15.2 Å². The highest BCUT2D eigenvalue weighted by Crippen LogP contribution is 2.12. The summed E-state index contributed by atoms with van der Waals surface area (Å²) in [5, 5.41) is 12.4. The van der Waals surface area contributed by atoms with Crippen molar-refractivity contribution in [3.63, 3.8) is 0 Å². The highest BCUT2D eigenvalue weighted by atomic mass is 16.5. The van der Waals surface area contributed by atoms with Crippen molar-refractivity contribution in [2.24, 2.45) is 0 Å². The minimum absolute atomic E-state index is 0.0853. The lowest BCUT2D eigenvalue weighted by atomic mass is 10.2. The molecule has 2 N–H and O–H groups in total. The summed E-state index contributed by atoms with van der Waals surface area (Å²) in [6.45, 7) is 2.96. The molecule has 0 saturated heterocycles. The van der Waals surface area contributed by atoms with Crippen molar-refractivity contribution < 1.29 is 9.84 Å². The van der Waals surface area contributed by atoms with Gasteiger partial charge in [0.2, 0.25) is 0 Å². The molecular formula is C12H19NO2. The molecule has 0 heterocycles. The molecule has 1 unspecified atom stereocenters. The molecule has 0 saturated carbocycles. The van der Waals surface area contributed by atoms with Crippen LogP contribution in [-0.2, 0) is 11.3 Å². The minimum Gasteiger partial charge on any atom is -0.392 e. The summed E-state index contributed by atoms with van der Waals surface area (Å²) in [6, 6.07) is 8.19. The van der Waals surface area contributed by atoms with Crippen molar-refractivity contribution in [2.45, 2.75) is 26.0 Å². The van der Waals surface area contributed by atoms with Crippen LogP contribution in [-0.4, -0.2) is 24.9 Å². The fourth-order valence-electron chi connectivity index (χ4n) is 1.41. The third kappa shape index (κ3) is 4.32. The van der Waals surface area contributed by atoms with Crippen molar-refractivity contribution in [1.29, 1.82) is 0 Å². The van der Waals surface area contributed by atoms with Crippen LogP contribution in [0.15, 0.2) is 24.3 Å². The van der Waals surface area contributed by atoms with Gasteiger partial charge in [0, 0.05) is 25.4 Å². The average Bonchev–Trinajstić information content (AvgIpc) is 2.26. The smallest absolute Gasteiger partial charge is 0.0682 e. The van der Waals surface area contributed by atoms with Gasteiger partial charge in [-0.2, -0.15) is 0 Å². The van der Waals surface area contributed by atoms with E-state index in [0.29, 0.717) is 6.04 Å². The Bertz CT molecular complexity index is 289. The van der Waals surface area contributed by atoms with Crippen LogP contribution in [0.3, 0.4) is 0 Å². The highest BCUT2D eigenvalue weighted by molar-refractivity contribution is 5.46. The number of aliphatic hydroxyl groups is 1. The van der Waals surface area contributed by atoms with Crippen LogP contribution >= 0.6 is 0 Å². The first-order chi connectivity index (χ1) is 7.26. The molecule has 0 bridgehead atoms. The van der Waals surface area contributed by atoms with Gasteiger partial charge >= 0.3 is 0 Å². The number of nitrogens with one attached hydrogen (secondary N) is 1. The van der Waals surface area contributed by atoms with Crippen LogP contribution in [0, 0.1) is 0 Å². The fraction of sp³-hybridized carbons (Fsp3) is 0.500. The Morgan fingerprint density at radius 1 is 1.47 bits per heavy atom. The molecule has 3 heteroatoms. The number of hydrogen-bond donors (Lipinski definition) is 2. The van der Waals surface area contributed by atoms with Gasteiger partial charge in [0.05, 0.1) is 6.61 Å². The molecule has 1 aromatic rings. The van der Waals surface area contributed by atoms with E-state index in [1.165, 1.54) is 0 Å². The lowest BCUT2D eigenvalue weighted by Gasteiger charge is -2.15. The van der Waals surface area contributed by atoms with Gasteiger partial charge in [0.1, 0.15) is 0 Å². The van der Waals surface area contributed by atoms with Crippen LogP contribution in [0.4, 0.5) is 5.69 Å². The predicted molar refractivity (Wildman–Crippen MR) is 61.9 cm³/mol. The standard InChI is InChI=1S/C12H19NO2/c1-10(6-7-15-2)13-12-5-3-4-11(8-12)9-14/h3-5,8,10,13-14H,6-7,9H2,1-2H3. The summed E-state index contributed by atoms with van der Waals surface area (Å²) < 4.78 is 5.02. The summed E-state index contributed by atoms with van der Waals surface area (Å²) in [5.41, 5.74) is 1.98. The molecule has 0 aliphatic carbocycles. The van der Waals surface area contributed by atoms with Crippen molar-refractivity contribution in [3.05, 3.63) is 29.8 Å². The maximum absolute atomic E-state index is 8.99. The van der Waals surface area contributed by atoms with Crippen LogP contribution in [0.5, 0.6) is 0 Å². The molecule has 0 aliphatic heterocycles. The molecule has 0 aliphatic rings. The van der Waals surface area contributed by atoms with E-state index in [1.54, 1.807) is 7.11 Å². The molecule has 3 nitrogen and oxygen atoms in total. The van der Waals surface area contributed by atoms with E-state index in [1.807, 2.05) is 24.3 Å². The molecule has 84 valence electrons. The molecule has 0 radical (unpaired) electrons. The largest absolute Gasteiger partial charge is 0.392 e. The van der Waals surface area contributed by atoms with Gasteiger partial charge in [-0.1, -0.05) is 12.1 Å². The topological polar surface area (TPSA) is 41.5 Å². The second kappa shape index (κ2) is 6.43. The van der Waals surface area contributed by atoms with E-state index >= 15 is 0 Å². The maximum Gasteiger partial charge on any atom is 0.0682 e. The first kappa shape index (κ1) is 12.0. The minimum atomic E-state index is 0.0853. The van der Waals surface area contributed by atoms with Crippen LogP contribution in [0.1, 0.15) is 18.9 Å². The second-order valence-electron chi connectivity index (χ2n) is 3.69. The molecule has 0 fully saturated rings. The number of ether oxygens (including phenoxy) is 1. The average molecular weight is 209 g/mol. The molecule has 0 spiro atoms. The predicted octanol–water partition coefficient (Wildman–Crippen LogP) is 2.02. The molecule has 1 atom stereocenters. The number of methoxy groups -OCH3 is 1. The Kier molecular flexibility index (Phi) is 5.15. The van der Waals surface area contributed by atoms with E-state index < -0.39 is 0 Å². The number of anilines is 1. The summed E-state index contributed by atoms with van der Waals surface area (Å²) in [7, 11) is 1.71. The summed E-state index contributed by atoms with van der Waals surface area (Å²) in [5.74, 6) is 0. The van der Waals surface area contributed by atoms with Gasteiger partial charge in [-0.15, -0.1) is 0 Å². The first-order valence-electron chi connectivity index (χ1n) is 5.21. The van der Waals surface area contributed by atoms with Crippen molar-refractivity contribution in [1.82, 2.24) is 0 Å². The van der Waals surface area contributed by atoms with Crippen molar-refractivity contribution in [3.8, 4) is 0 Å². The van der Waals surface area contributed by atoms with Gasteiger partial charge in [0.25, 0.3) is 0 Å². The third-order valence-electron chi connectivity index (χ3n) is 2.28. The van der Waals surface area contributed by atoms with Crippen molar-refractivity contribution >= 4 is 5.69 Å². The van der Waals surface area contributed by atoms with E-state index in [-0.39, 0.29) is 6.61 Å². The molecule has 1 aromatic carbocycles. The number of aliphatic hydroxyl groups excluding tert-OH is 1. The Morgan fingerprint density at radius 2 is 2.27 bits per heavy atom. The van der Waals surface area contributed by atoms with Gasteiger partial charge in [-0.3, -0.25) is 0 Å². The summed E-state index contributed by atoms with van der Waals surface area (Å²) in [6.07, 6.45) is 0.972. The SMILES string of the molecule is COCCC(C)Nc1cccc(CO)c1. The van der Waals surface area contributed by atoms with Gasteiger partial charge in [-0.05, 0) is 31.0 Å². The maximum atomic E-state index is 8.99. The van der Waals surface area contributed by atoms with Crippen LogP contribution < -0.4 is 5.32 Å². The normalized spacial score (nSPS) is 12.5. The number of rotatable bonds is 6. The van der Waals surface area contributed by atoms with E-state index in [4.69, 9.17) is 9.84 Å². The molecule has 1 rings (SSSR count). The molecule has 0 amide bonds.